The van der Waals surface area contributed by atoms with E-state index in [0.717, 1.165) is 0 Å². The van der Waals surface area contributed by atoms with Gasteiger partial charge in [0.25, 0.3) is 0 Å². The number of hydrogen-bond donors (Lipinski definition) is 0. The normalized spacial score (nSPS) is 26.7. The van der Waals surface area contributed by atoms with Gasteiger partial charge in [0.2, 0.25) is 0 Å². The number of rotatable bonds is 0. The van der Waals surface area contributed by atoms with Crippen molar-refractivity contribution in [1.29, 1.82) is 0 Å². The van der Waals surface area contributed by atoms with Crippen LogP contribution in [0.2, 0.25) is 0 Å². The molecule has 0 bridgehead atoms. The van der Waals surface area contributed by atoms with Gasteiger partial charge >= 0.3 is 0 Å². The van der Waals surface area contributed by atoms with Gasteiger partial charge in [-0.25, -0.2) is 0 Å². The summed E-state index contributed by atoms with van der Waals surface area (Å²) in [5.41, 5.74) is 0. The Labute approximate surface area is 76.4 Å². The highest BCUT2D eigenvalue weighted by Gasteiger charge is 1.88. The zero-order valence-electron chi connectivity index (χ0n) is 7.84. The van der Waals surface area contributed by atoms with E-state index in [1.54, 1.807) is 0 Å². The second-order valence-corrected chi connectivity index (χ2v) is 3.33. The molecule has 0 aliphatic heterocycles. The summed E-state index contributed by atoms with van der Waals surface area (Å²) >= 11 is 0. The van der Waals surface area contributed by atoms with Crippen molar-refractivity contribution in [1.82, 2.24) is 0 Å². The quantitative estimate of drug-likeness (QED) is 0.473. The lowest BCUT2D eigenvalue weighted by atomic mass is 10.1. The van der Waals surface area contributed by atoms with Crippen LogP contribution in [-0.2, 0) is 0 Å². The van der Waals surface area contributed by atoms with Crippen molar-refractivity contribution in [2.45, 2.75) is 44.9 Å². The molecular weight excluding hydrogens is 144 g/mol. The zero-order chi connectivity index (χ0) is 8.49. The van der Waals surface area contributed by atoms with Crippen molar-refractivity contribution in [2.75, 3.05) is 0 Å². The highest BCUT2D eigenvalue weighted by atomic mass is 13.9. The third-order valence-electron chi connectivity index (χ3n) is 2.16. The van der Waals surface area contributed by atoms with E-state index in [2.05, 4.69) is 30.7 Å². The Morgan fingerprint density at radius 1 is 0.583 bits per heavy atom. The average Bonchev–Trinajstić information content (AvgIpc) is 2.05. The molecule has 0 heterocycles. The molecule has 0 unspecified atom stereocenters. The van der Waals surface area contributed by atoms with Crippen LogP contribution >= 0.6 is 0 Å². The van der Waals surface area contributed by atoms with Crippen LogP contribution in [0.25, 0.3) is 0 Å². The van der Waals surface area contributed by atoms with E-state index >= 15 is 0 Å². The summed E-state index contributed by atoms with van der Waals surface area (Å²) in [6.07, 6.45) is 20.5. The summed E-state index contributed by atoms with van der Waals surface area (Å²) in [5.74, 6) is 0. The second kappa shape index (κ2) is 7.15. The molecule has 0 amide bonds. The van der Waals surface area contributed by atoms with Crippen LogP contribution < -0.4 is 0 Å². The summed E-state index contributed by atoms with van der Waals surface area (Å²) in [5, 5.41) is 0. The molecule has 1 rings (SSSR count). The van der Waals surface area contributed by atoms with E-state index in [1.165, 1.54) is 44.9 Å². The standard InChI is InChI=1S/C12H19/c1-2-4-6-8-10-12-11-9-7-5-3-1/h1-2,5,10,12H,3-4,6-9,11H2/b2-1-,12-10-. The maximum Gasteiger partial charge on any atom is -0.0319 e. The van der Waals surface area contributed by atoms with Crippen molar-refractivity contribution in [3.63, 3.8) is 0 Å². The van der Waals surface area contributed by atoms with Crippen molar-refractivity contribution in [3.05, 3.63) is 30.7 Å². The third kappa shape index (κ3) is 5.17. The van der Waals surface area contributed by atoms with E-state index in [1.807, 2.05) is 0 Å². The summed E-state index contributed by atoms with van der Waals surface area (Å²) in [6.45, 7) is 0. The van der Waals surface area contributed by atoms with Crippen LogP contribution in [-0.4, -0.2) is 0 Å². The molecule has 1 radical (unpaired) electrons. The monoisotopic (exact) mass is 163 g/mol. The molecule has 0 atom stereocenters. The van der Waals surface area contributed by atoms with Crippen molar-refractivity contribution in [3.8, 4) is 0 Å². The fraction of sp³-hybridized carbons (Fsp3) is 0.583. The Bertz CT molecular complexity index is 126. The molecule has 1 aliphatic carbocycles. The first-order valence-corrected chi connectivity index (χ1v) is 5.12. The van der Waals surface area contributed by atoms with Gasteiger partial charge in [0, 0.05) is 0 Å². The molecule has 0 spiro atoms. The summed E-state index contributed by atoms with van der Waals surface area (Å²) in [4.78, 5) is 0. The topological polar surface area (TPSA) is 0 Å². The number of allylic oxidation sites excluding steroid dienone is 4. The molecule has 0 fully saturated rings. The third-order valence-corrected chi connectivity index (χ3v) is 2.16. The van der Waals surface area contributed by atoms with Gasteiger partial charge in [-0.3, -0.25) is 0 Å². The molecule has 0 saturated carbocycles. The van der Waals surface area contributed by atoms with Crippen LogP contribution in [0.1, 0.15) is 44.9 Å². The van der Waals surface area contributed by atoms with E-state index in [-0.39, 0.29) is 0 Å². The first kappa shape index (κ1) is 9.57. The van der Waals surface area contributed by atoms with Crippen molar-refractivity contribution in [2.24, 2.45) is 0 Å². The summed E-state index contributed by atoms with van der Waals surface area (Å²) in [6, 6.07) is 0. The van der Waals surface area contributed by atoms with Crippen molar-refractivity contribution < 1.29 is 0 Å². The lowest BCUT2D eigenvalue weighted by Crippen LogP contribution is -1.78. The first-order valence-electron chi connectivity index (χ1n) is 5.12. The Hall–Kier alpha value is -0.520. The molecule has 0 N–H and O–H groups in total. The SMILES string of the molecule is [CH]1C/C=C\CCC/C=C\CCC1. The minimum absolute atomic E-state index is 1.17. The molecule has 0 aromatic carbocycles. The summed E-state index contributed by atoms with van der Waals surface area (Å²) < 4.78 is 0. The van der Waals surface area contributed by atoms with E-state index in [0.29, 0.717) is 0 Å². The minimum Gasteiger partial charge on any atom is -0.0885 e. The predicted molar refractivity (Wildman–Crippen MR) is 54.9 cm³/mol. The predicted octanol–water partition coefficient (Wildman–Crippen LogP) is 4.05. The highest BCUT2D eigenvalue weighted by Crippen LogP contribution is 2.07. The molecule has 12 heavy (non-hydrogen) atoms. The molecule has 0 aromatic rings. The Balaban J connectivity index is 2.19. The molecule has 1 aliphatic rings. The smallest absolute Gasteiger partial charge is 0.0319 e. The van der Waals surface area contributed by atoms with E-state index < -0.39 is 0 Å². The molecule has 67 valence electrons. The van der Waals surface area contributed by atoms with Gasteiger partial charge in [0.15, 0.2) is 0 Å². The molecular formula is C12H19. The maximum absolute atomic E-state index is 2.38. The van der Waals surface area contributed by atoms with Crippen molar-refractivity contribution >= 4 is 0 Å². The van der Waals surface area contributed by atoms with Gasteiger partial charge < -0.3 is 0 Å². The molecule has 0 heteroatoms. The Morgan fingerprint density at radius 2 is 1.17 bits per heavy atom. The van der Waals surface area contributed by atoms with E-state index in [9.17, 15) is 0 Å². The molecule has 0 saturated heterocycles. The van der Waals surface area contributed by atoms with Crippen LogP contribution in [0, 0.1) is 6.42 Å². The molecule has 0 nitrogen and oxygen atoms in total. The zero-order valence-corrected chi connectivity index (χ0v) is 7.84. The van der Waals surface area contributed by atoms with Crippen LogP contribution in [0.3, 0.4) is 0 Å². The minimum atomic E-state index is 1.17. The highest BCUT2D eigenvalue weighted by molar-refractivity contribution is 4.90. The van der Waals surface area contributed by atoms with Crippen LogP contribution in [0.15, 0.2) is 24.3 Å². The largest absolute Gasteiger partial charge is 0.0885 e. The van der Waals surface area contributed by atoms with E-state index in [4.69, 9.17) is 0 Å². The lowest BCUT2D eigenvalue weighted by molar-refractivity contribution is 0.795. The Morgan fingerprint density at radius 3 is 1.92 bits per heavy atom. The van der Waals surface area contributed by atoms with Gasteiger partial charge in [-0.2, -0.15) is 0 Å². The second-order valence-electron chi connectivity index (χ2n) is 3.33. The van der Waals surface area contributed by atoms with Gasteiger partial charge in [-0.05, 0) is 51.4 Å². The maximum atomic E-state index is 2.38. The van der Waals surface area contributed by atoms with Gasteiger partial charge in [-0.1, -0.05) is 24.3 Å². The molecule has 0 aromatic heterocycles. The van der Waals surface area contributed by atoms with Gasteiger partial charge in [0.05, 0.1) is 0 Å². The lowest BCUT2D eigenvalue weighted by Gasteiger charge is -1.97. The van der Waals surface area contributed by atoms with Gasteiger partial charge in [0.1, 0.15) is 0 Å². The Kier molecular flexibility index (Phi) is 5.70. The summed E-state index contributed by atoms with van der Waals surface area (Å²) in [7, 11) is 0. The number of hydrogen-bond acceptors (Lipinski definition) is 0. The van der Waals surface area contributed by atoms with Crippen LogP contribution in [0.4, 0.5) is 0 Å². The first-order chi connectivity index (χ1) is 6.00. The fourth-order valence-electron chi connectivity index (χ4n) is 1.40. The average molecular weight is 163 g/mol. The van der Waals surface area contributed by atoms with Gasteiger partial charge in [-0.15, -0.1) is 0 Å². The fourth-order valence-corrected chi connectivity index (χ4v) is 1.40. The van der Waals surface area contributed by atoms with Crippen LogP contribution in [0.5, 0.6) is 0 Å².